The standard InChI is InChI=1S/C12H15N5O2S/c1-8(2)16-11(13)14-15-12(16)20-7-9-3-5-10(6-4-9)17(18)19/h3-6,8H,7H2,1-2H3,(H2,13,14). The normalized spacial score (nSPS) is 10.9. The number of nitro benzene ring substituents is 1. The fourth-order valence-corrected chi connectivity index (χ4v) is 2.76. The van der Waals surface area contributed by atoms with Gasteiger partial charge in [-0.25, -0.2) is 0 Å². The fourth-order valence-electron chi connectivity index (χ4n) is 1.73. The van der Waals surface area contributed by atoms with E-state index < -0.39 is 4.92 Å². The maximum Gasteiger partial charge on any atom is 0.269 e. The lowest BCUT2D eigenvalue weighted by Crippen LogP contribution is -2.07. The number of aromatic nitrogens is 3. The third kappa shape index (κ3) is 3.08. The molecule has 2 N–H and O–H groups in total. The van der Waals surface area contributed by atoms with Crippen LogP contribution in [-0.4, -0.2) is 19.7 Å². The quantitative estimate of drug-likeness (QED) is 0.516. The Labute approximate surface area is 120 Å². The Balaban J connectivity index is 2.07. The van der Waals surface area contributed by atoms with E-state index in [9.17, 15) is 10.1 Å². The Bertz CT molecular complexity index is 609. The maximum absolute atomic E-state index is 10.6. The number of benzene rings is 1. The molecule has 0 bridgehead atoms. The number of anilines is 1. The van der Waals surface area contributed by atoms with E-state index in [4.69, 9.17) is 5.73 Å². The van der Waals surface area contributed by atoms with Crippen LogP contribution in [-0.2, 0) is 5.75 Å². The maximum atomic E-state index is 10.6. The molecule has 0 saturated heterocycles. The van der Waals surface area contributed by atoms with Gasteiger partial charge >= 0.3 is 0 Å². The summed E-state index contributed by atoms with van der Waals surface area (Å²) in [4.78, 5) is 10.2. The van der Waals surface area contributed by atoms with Crippen molar-refractivity contribution in [3.05, 3.63) is 39.9 Å². The lowest BCUT2D eigenvalue weighted by molar-refractivity contribution is -0.384. The van der Waals surface area contributed by atoms with Gasteiger partial charge in [0, 0.05) is 23.9 Å². The second-order valence-electron chi connectivity index (χ2n) is 4.52. The summed E-state index contributed by atoms with van der Waals surface area (Å²) in [6.45, 7) is 4.02. The molecule has 2 aromatic rings. The van der Waals surface area contributed by atoms with Crippen LogP contribution in [0.3, 0.4) is 0 Å². The second-order valence-corrected chi connectivity index (χ2v) is 5.46. The van der Waals surface area contributed by atoms with Crippen LogP contribution < -0.4 is 5.73 Å². The summed E-state index contributed by atoms with van der Waals surface area (Å²) < 4.78 is 1.86. The monoisotopic (exact) mass is 293 g/mol. The SMILES string of the molecule is CC(C)n1c(N)nnc1SCc1ccc([N+](=O)[O-])cc1. The molecule has 2 rings (SSSR count). The lowest BCUT2D eigenvalue weighted by Gasteiger charge is -2.11. The molecule has 1 aromatic heterocycles. The van der Waals surface area contributed by atoms with Crippen molar-refractivity contribution >= 4 is 23.4 Å². The van der Waals surface area contributed by atoms with Crippen LogP contribution in [0.2, 0.25) is 0 Å². The minimum Gasteiger partial charge on any atom is -0.368 e. The number of hydrogen-bond acceptors (Lipinski definition) is 6. The molecule has 20 heavy (non-hydrogen) atoms. The molecule has 0 aliphatic heterocycles. The first-order chi connectivity index (χ1) is 9.49. The van der Waals surface area contributed by atoms with E-state index in [1.807, 2.05) is 18.4 Å². The van der Waals surface area contributed by atoms with Gasteiger partial charge in [0.25, 0.3) is 5.69 Å². The summed E-state index contributed by atoms with van der Waals surface area (Å²) in [6, 6.07) is 6.66. The van der Waals surface area contributed by atoms with Gasteiger partial charge in [0.15, 0.2) is 5.16 Å². The Morgan fingerprint density at radius 3 is 2.55 bits per heavy atom. The Kier molecular flexibility index (Phi) is 4.23. The Morgan fingerprint density at radius 2 is 2.00 bits per heavy atom. The van der Waals surface area contributed by atoms with Gasteiger partial charge in [-0.2, -0.15) is 0 Å². The van der Waals surface area contributed by atoms with E-state index in [2.05, 4.69) is 10.2 Å². The third-order valence-corrected chi connectivity index (χ3v) is 3.74. The van der Waals surface area contributed by atoms with Crippen LogP contribution in [0.4, 0.5) is 11.6 Å². The molecule has 0 radical (unpaired) electrons. The number of rotatable bonds is 5. The van der Waals surface area contributed by atoms with E-state index in [-0.39, 0.29) is 11.7 Å². The van der Waals surface area contributed by atoms with Crippen LogP contribution >= 0.6 is 11.8 Å². The first-order valence-electron chi connectivity index (χ1n) is 6.05. The van der Waals surface area contributed by atoms with E-state index in [1.165, 1.54) is 23.9 Å². The first kappa shape index (κ1) is 14.3. The molecule has 1 heterocycles. The molecule has 0 unspecified atom stereocenters. The van der Waals surface area contributed by atoms with E-state index >= 15 is 0 Å². The van der Waals surface area contributed by atoms with Crippen molar-refractivity contribution in [1.82, 2.24) is 14.8 Å². The molecular formula is C12H15N5O2S. The van der Waals surface area contributed by atoms with Crippen molar-refractivity contribution in [1.29, 1.82) is 0 Å². The third-order valence-electron chi connectivity index (χ3n) is 2.72. The van der Waals surface area contributed by atoms with Crippen molar-refractivity contribution in [2.45, 2.75) is 30.8 Å². The van der Waals surface area contributed by atoms with Crippen LogP contribution in [0.25, 0.3) is 0 Å². The second kappa shape index (κ2) is 5.91. The highest BCUT2D eigenvalue weighted by Crippen LogP contribution is 2.26. The summed E-state index contributed by atoms with van der Waals surface area (Å²) in [5.41, 5.74) is 6.84. The molecule has 0 aliphatic carbocycles. The average Bonchev–Trinajstić information content (AvgIpc) is 2.78. The number of nitro groups is 1. The molecule has 0 atom stereocenters. The van der Waals surface area contributed by atoms with Crippen molar-refractivity contribution in [3.63, 3.8) is 0 Å². The van der Waals surface area contributed by atoms with Gasteiger partial charge in [-0.15, -0.1) is 10.2 Å². The lowest BCUT2D eigenvalue weighted by atomic mass is 10.2. The van der Waals surface area contributed by atoms with Gasteiger partial charge in [0.2, 0.25) is 5.95 Å². The molecule has 0 spiro atoms. The predicted octanol–water partition coefficient (Wildman–Crippen LogP) is 2.64. The van der Waals surface area contributed by atoms with Crippen LogP contribution in [0.1, 0.15) is 25.5 Å². The number of hydrogen-bond donors (Lipinski definition) is 1. The van der Waals surface area contributed by atoms with Gasteiger partial charge in [-0.3, -0.25) is 14.7 Å². The van der Waals surface area contributed by atoms with Crippen LogP contribution in [0.5, 0.6) is 0 Å². The zero-order valence-electron chi connectivity index (χ0n) is 11.2. The first-order valence-corrected chi connectivity index (χ1v) is 7.04. The molecule has 0 saturated carbocycles. The topological polar surface area (TPSA) is 99.9 Å². The van der Waals surface area contributed by atoms with Gasteiger partial charge < -0.3 is 5.73 Å². The summed E-state index contributed by atoms with van der Waals surface area (Å²) in [5.74, 6) is 1.05. The molecule has 7 nitrogen and oxygen atoms in total. The predicted molar refractivity (Wildman–Crippen MR) is 77.5 cm³/mol. The molecule has 0 amide bonds. The molecular weight excluding hydrogens is 278 g/mol. The minimum atomic E-state index is -0.410. The highest BCUT2D eigenvalue weighted by molar-refractivity contribution is 7.98. The van der Waals surface area contributed by atoms with Gasteiger partial charge in [-0.1, -0.05) is 23.9 Å². The summed E-state index contributed by atoms with van der Waals surface area (Å²) in [5, 5.41) is 19.2. The van der Waals surface area contributed by atoms with E-state index in [1.54, 1.807) is 12.1 Å². The zero-order valence-corrected chi connectivity index (χ0v) is 12.0. The number of nitrogen functional groups attached to an aromatic ring is 1. The smallest absolute Gasteiger partial charge is 0.269 e. The molecule has 0 fully saturated rings. The van der Waals surface area contributed by atoms with Gasteiger partial charge in [0.1, 0.15) is 0 Å². The molecule has 106 valence electrons. The number of thioether (sulfide) groups is 1. The molecule has 8 heteroatoms. The summed E-state index contributed by atoms with van der Waals surface area (Å²) >= 11 is 1.50. The summed E-state index contributed by atoms with van der Waals surface area (Å²) in [7, 11) is 0. The minimum absolute atomic E-state index is 0.0911. The number of nitrogens with two attached hydrogens (primary N) is 1. The van der Waals surface area contributed by atoms with Crippen molar-refractivity contribution in [2.24, 2.45) is 0 Å². The van der Waals surface area contributed by atoms with Gasteiger partial charge in [0.05, 0.1) is 4.92 Å². The largest absolute Gasteiger partial charge is 0.368 e. The fraction of sp³-hybridized carbons (Fsp3) is 0.333. The number of non-ortho nitro benzene ring substituents is 1. The molecule has 1 aromatic carbocycles. The van der Waals surface area contributed by atoms with Crippen LogP contribution in [0.15, 0.2) is 29.4 Å². The highest BCUT2D eigenvalue weighted by Gasteiger charge is 2.13. The van der Waals surface area contributed by atoms with Crippen molar-refractivity contribution in [3.8, 4) is 0 Å². The van der Waals surface area contributed by atoms with Crippen molar-refractivity contribution in [2.75, 3.05) is 5.73 Å². The average molecular weight is 293 g/mol. The Morgan fingerprint density at radius 1 is 1.35 bits per heavy atom. The van der Waals surface area contributed by atoms with E-state index in [0.29, 0.717) is 11.7 Å². The summed E-state index contributed by atoms with van der Waals surface area (Å²) in [6.07, 6.45) is 0. The van der Waals surface area contributed by atoms with E-state index in [0.717, 1.165) is 10.7 Å². The van der Waals surface area contributed by atoms with Crippen LogP contribution in [0, 0.1) is 10.1 Å². The van der Waals surface area contributed by atoms with Crippen molar-refractivity contribution < 1.29 is 4.92 Å². The van der Waals surface area contributed by atoms with Gasteiger partial charge in [-0.05, 0) is 19.4 Å². The highest BCUT2D eigenvalue weighted by atomic mass is 32.2. The zero-order chi connectivity index (χ0) is 14.7. The Hall–Kier alpha value is -2.09. The number of nitrogens with zero attached hydrogens (tertiary/aromatic N) is 4. The molecule has 0 aliphatic rings.